The normalized spacial score (nSPS) is 20.8. The van der Waals surface area contributed by atoms with Crippen molar-refractivity contribution in [3.05, 3.63) is 34.9 Å². The highest BCUT2D eigenvalue weighted by Gasteiger charge is 2.60. The molecule has 132 valence electrons. The third-order valence-corrected chi connectivity index (χ3v) is 5.21. The number of aromatic amines is 1. The standard InChI is InChI=1S/C18H23N5OS/c1-10(2)6-13-14(18(13,3)4)16(24)20-12-7-11(8-19-9-12)15-21-22-17(25)23(15)5/h6-9,13-14H,1-5H3,(H,20,24)(H,22,25). The largest absolute Gasteiger partial charge is 0.324 e. The number of carbonyl (C=O) groups excluding carboxylic acids is 1. The van der Waals surface area contributed by atoms with Gasteiger partial charge >= 0.3 is 0 Å². The van der Waals surface area contributed by atoms with Crippen LogP contribution in [0, 0.1) is 22.0 Å². The summed E-state index contributed by atoms with van der Waals surface area (Å²) in [5.41, 5.74) is 2.68. The predicted molar refractivity (Wildman–Crippen MR) is 100 cm³/mol. The lowest BCUT2D eigenvalue weighted by molar-refractivity contribution is -0.118. The number of rotatable bonds is 4. The van der Waals surface area contributed by atoms with Gasteiger partial charge in [0.15, 0.2) is 10.6 Å². The Morgan fingerprint density at radius 1 is 1.40 bits per heavy atom. The van der Waals surface area contributed by atoms with E-state index in [-0.39, 0.29) is 23.2 Å². The fraction of sp³-hybridized carbons (Fsp3) is 0.444. The van der Waals surface area contributed by atoms with Crippen LogP contribution in [0.2, 0.25) is 0 Å². The van der Waals surface area contributed by atoms with Crippen LogP contribution in [0.15, 0.2) is 30.1 Å². The smallest absolute Gasteiger partial charge is 0.228 e. The minimum atomic E-state index is -0.0215. The van der Waals surface area contributed by atoms with E-state index in [0.717, 1.165) is 5.56 Å². The van der Waals surface area contributed by atoms with Crippen LogP contribution in [0.25, 0.3) is 11.4 Å². The highest BCUT2D eigenvalue weighted by atomic mass is 32.1. The van der Waals surface area contributed by atoms with E-state index in [1.165, 1.54) is 5.57 Å². The summed E-state index contributed by atoms with van der Waals surface area (Å²) in [6, 6.07) is 1.86. The van der Waals surface area contributed by atoms with E-state index in [9.17, 15) is 4.79 Å². The van der Waals surface area contributed by atoms with Gasteiger partial charge in [0.05, 0.1) is 17.8 Å². The fourth-order valence-corrected chi connectivity index (χ4v) is 3.44. The van der Waals surface area contributed by atoms with E-state index in [2.05, 4.69) is 54.3 Å². The summed E-state index contributed by atoms with van der Waals surface area (Å²) < 4.78 is 2.31. The third kappa shape index (κ3) is 3.28. The molecule has 0 aromatic carbocycles. The molecule has 0 saturated heterocycles. The maximum atomic E-state index is 12.7. The summed E-state index contributed by atoms with van der Waals surface area (Å²) in [5, 5.41) is 9.95. The highest BCUT2D eigenvalue weighted by molar-refractivity contribution is 7.71. The molecule has 1 amide bonds. The van der Waals surface area contributed by atoms with Gasteiger partial charge in [-0.25, -0.2) is 0 Å². The first-order valence-corrected chi connectivity index (χ1v) is 8.65. The number of amides is 1. The fourth-order valence-electron chi connectivity index (χ4n) is 3.30. The second-order valence-corrected chi connectivity index (χ2v) is 7.82. The lowest BCUT2D eigenvalue weighted by Crippen LogP contribution is -2.17. The minimum Gasteiger partial charge on any atom is -0.324 e. The van der Waals surface area contributed by atoms with Crippen molar-refractivity contribution >= 4 is 23.8 Å². The Hall–Kier alpha value is -2.28. The van der Waals surface area contributed by atoms with Gasteiger partial charge in [-0.1, -0.05) is 25.5 Å². The van der Waals surface area contributed by atoms with E-state index in [4.69, 9.17) is 12.2 Å². The molecule has 1 saturated carbocycles. The van der Waals surface area contributed by atoms with Crippen LogP contribution in [-0.4, -0.2) is 25.7 Å². The average molecular weight is 357 g/mol. The first-order valence-electron chi connectivity index (χ1n) is 8.24. The number of anilines is 1. The van der Waals surface area contributed by atoms with Crippen LogP contribution in [0.1, 0.15) is 27.7 Å². The quantitative estimate of drug-likeness (QED) is 0.646. The molecule has 1 aliphatic carbocycles. The van der Waals surface area contributed by atoms with Crippen molar-refractivity contribution in [3.8, 4) is 11.4 Å². The lowest BCUT2D eigenvalue weighted by atomic mass is 10.1. The van der Waals surface area contributed by atoms with E-state index in [1.807, 2.05) is 13.1 Å². The number of aromatic nitrogens is 4. The number of allylic oxidation sites excluding steroid dienone is 2. The van der Waals surface area contributed by atoms with Crippen LogP contribution in [0.4, 0.5) is 5.69 Å². The highest BCUT2D eigenvalue weighted by Crippen LogP contribution is 2.59. The van der Waals surface area contributed by atoms with Gasteiger partial charge in [0.2, 0.25) is 5.91 Å². The molecule has 6 nitrogen and oxygen atoms in total. The van der Waals surface area contributed by atoms with Gasteiger partial charge in [-0.2, -0.15) is 5.10 Å². The lowest BCUT2D eigenvalue weighted by Gasteiger charge is -2.07. The monoisotopic (exact) mass is 357 g/mol. The molecule has 2 atom stereocenters. The molecular weight excluding hydrogens is 334 g/mol. The predicted octanol–water partition coefficient (Wildman–Crippen LogP) is 3.72. The zero-order valence-corrected chi connectivity index (χ0v) is 15.9. The number of nitrogens with zero attached hydrogens (tertiary/aromatic N) is 3. The molecule has 0 aliphatic heterocycles. The van der Waals surface area contributed by atoms with Crippen molar-refractivity contribution in [1.82, 2.24) is 19.7 Å². The molecule has 2 aromatic heterocycles. The Morgan fingerprint density at radius 3 is 2.72 bits per heavy atom. The van der Waals surface area contributed by atoms with Crippen molar-refractivity contribution in [1.29, 1.82) is 0 Å². The second-order valence-electron chi connectivity index (χ2n) is 7.43. The minimum absolute atomic E-state index is 0.0156. The molecule has 3 rings (SSSR count). The summed E-state index contributed by atoms with van der Waals surface area (Å²) >= 11 is 5.14. The van der Waals surface area contributed by atoms with Crippen molar-refractivity contribution in [2.75, 3.05) is 5.32 Å². The summed E-state index contributed by atoms with van der Waals surface area (Å²) in [6.07, 6.45) is 5.54. The molecule has 1 fully saturated rings. The number of nitrogens with one attached hydrogen (secondary N) is 2. The summed E-state index contributed by atoms with van der Waals surface area (Å²) in [7, 11) is 1.84. The van der Waals surface area contributed by atoms with Crippen LogP contribution >= 0.6 is 12.2 Å². The second kappa shape index (κ2) is 6.22. The zero-order valence-electron chi connectivity index (χ0n) is 15.1. The summed E-state index contributed by atoms with van der Waals surface area (Å²) in [6.45, 7) is 8.39. The number of hydrogen-bond donors (Lipinski definition) is 2. The molecule has 25 heavy (non-hydrogen) atoms. The third-order valence-electron chi connectivity index (χ3n) is 4.85. The maximum Gasteiger partial charge on any atom is 0.228 e. The SMILES string of the molecule is CC(C)=CC1C(C(=O)Nc2cncc(-c3n[nH]c(=S)n3C)c2)C1(C)C. The Balaban J connectivity index is 1.79. The Morgan fingerprint density at radius 2 is 2.12 bits per heavy atom. The Labute approximate surface area is 152 Å². The van der Waals surface area contributed by atoms with Crippen LogP contribution in [-0.2, 0) is 11.8 Å². The molecular formula is C18H23N5OS. The molecule has 2 N–H and O–H groups in total. The molecule has 2 aromatic rings. The van der Waals surface area contributed by atoms with Crippen LogP contribution in [0.3, 0.4) is 0 Å². The van der Waals surface area contributed by atoms with Crippen molar-refractivity contribution in [2.45, 2.75) is 27.7 Å². The topological polar surface area (TPSA) is 75.6 Å². The van der Waals surface area contributed by atoms with Gasteiger partial charge in [-0.15, -0.1) is 0 Å². The van der Waals surface area contributed by atoms with Crippen LogP contribution in [0.5, 0.6) is 0 Å². The van der Waals surface area contributed by atoms with E-state index in [1.54, 1.807) is 17.0 Å². The number of carbonyl (C=O) groups is 1. The van der Waals surface area contributed by atoms with Gasteiger partial charge < -0.3 is 9.88 Å². The Kier molecular flexibility index (Phi) is 4.36. The van der Waals surface area contributed by atoms with Crippen molar-refractivity contribution in [2.24, 2.45) is 24.3 Å². The Bertz CT molecular complexity index is 904. The first-order chi connectivity index (χ1) is 11.7. The van der Waals surface area contributed by atoms with Gasteiger partial charge in [0, 0.05) is 18.8 Å². The van der Waals surface area contributed by atoms with Gasteiger partial charge in [0.25, 0.3) is 0 Å². The molecule has 0 radical (unpaired) electrons. The first kappa shape index (κ1) is 17.5. The summed E-state index contributed by atoms with van der Waals surface area (Å²) in [4.78, 5) is 16.9. The molecule has 1 aliphatic rings. The van der Waals surface area contributed by atoms with Gasteiger partial charge in [0.1, 0.15) is 0 Å². The molecule has 0 bridgehead atoms. The summed E-state index contributed by atoms with van der Waals surface area (Å²) in [5.74, 6) is 0.969. The van der Waals surface area contributed by atoms with E-state index >= 15 is 0 Å². The zero-order chi connectivity index (χ0) is 18.4. The van der Waals surface area contributed by atoms with Gasteiger partial charge in [-0.05, 0) is 43.5 Å². The molecule has 2 unspecified atom stereocenters. The maximum absolute atomic E-state index is 12.7. The van der Waals surface area contributed by atoms with Gasteiger partial charge in [-0.3, -0.25) is 14.9 Å². The number of hydrogen-bond acceptors (Lipinski definition) is 4. The molecule has 2 heterocycles. The van der Waals surface area contributed by atoms with Crippen LogP contribution < -0.4 is 5.32 Å². The number of pyridine rings is 1. The van der Waals surface area contributed by atoms with E-state index in [0.29, 0.717) is 16.3 Å². The molecule has 0 spiro atoms. The van der Waals surface area contributed by atoms with Crippen molar-refractivity contribution < 1.29 is 4.79 Å². The van der Waals surface area contributed by atoms with E-state index < -0.39 is 0 Å². The average Bonchev–Trinajstić information content (AvgIpc) is 2.88. The molecule has 7 heteroatoms. The van der Waals surface area contributed by atoms with Crippen molar-refractivity contribution in [3.63, 3.8) is 0 Å². The number of H-pyrrole nitrogens is 1.